The van der Waals surface area contributed by atoms with Crippen molar-refractivity contribution >= 4 is 29.6 Å². The van der Waals surface area contributed by atoms with Gasteiger partial charge in [-0.15, -0.1) is 0 Å². The first kappa shape index (κ1) is 35.7. The average Bonchev–Trinajstić information content (AvgIpc) is 3.41. The highest BCUT2D eigenvalue weighted by Gasteiger charge is 2.36. The first-order valence-corrected chi connectivity index (χ1v) is 16.1. The number of alkyl carbamates (subject to hydrolysis) is 1. The van der Waals surface area contributed by atoms with Crippen molar-refractivity contribution < 1.29 is 33.4 Å². The van der Waals surface area contributed by atoms with E-state index in [1.807, 2.05) is 51.1 Å². The normalized spacial score (nSPS) is 19.7. The molecule has 1 heterocycles. The van der Waals surface area contributed by atoms with Crippen molar-refractivity contribution in [2.45, 2.75) is 115 Å². The number of ketones is 1. The molecule has 2 fully saturated rings. The molecule has 0 radical (unpaired) electrons. The second-order valence-corrected chi connectivity index (χ2v) is 13.1. The Hall–Kier alpha value is -3.73. The van der Waals surface area contributed by atoms with E-state index in [4.69, 9.17) is 9.47 Å². The summed E-state index contributed by atoms with van der Waals surface area (Å²) in [5.41, 5.74) is 0.160. The molecule has 1 saturated carbocycles. The van der Waals surface area contributed by atoms with Gasteiger partial charge < -0.3 is 30.7 Å². The molecule has 11 nitrogen and oxygen atoms in total. The number of carbonyl (C=O) groups is 5. The highest BCUT2D eigenvalue weighted by molar-refractivity contribution is 5.98. The standard InChI is InChI=1S/C34H50N4O7/c1-6-28(39)26(20-25-17-18-35-30(25)40)36-31(41)27(19-23-13-9-7-10-14-23)37-32(42)29(22(2)45-34(3,4)5)38-33(43)44-21-24-15-11-8-12-16-24/h6,8,11-12,15-16,22-23,25-27,29H,1,7,9-10,13-14,17-21H2,2-5H3,(H,35,40)(H,36,41)(H,37,42)(H,38,43)/t22-,25+,26+,27+,29+/m1/s1. The lowest BCUT2D eigenvalue weighted by atomic mass is 9.84. The lowest BCUT2D eigenvalue weighted by Gasteiger charge is -2.32. The number of hydrogen-bond donors (Lipinski definition) is 4. The summed E-state index contributed by atoms with van der Waals surface area (Å²) >= 11 is 0. The van der Waals surface area contributed by atoms with Crippen molar-refractivity contribution in [1.82, 2.24) is 21.3 Å². The Kier molecular flexibility index (Phi) is 13.6. The van der Waals surface area contributed by atoms with E-state index in [0.29, 0.717) is 19.4 Å². The first-order chi connectivity index (χ1) is 21.4. The molecule has 1 aromatic rings. The molecular formula is C34H50N4O7. The summed E-state index contributed by atoms with van der Waals surface area (Å²) in [6.45, 7) is 11.3. The van der Waals surface area contributed by atoms with Crippen LogP contribution < -0.4 is 21.3 Å². The zero-order valence-corrected chi connectivity index (χ0v) is 27.1. The van der Waals surface area contributed by atoms with E-state index in [2.05, 4.69) is 27.8 Å². The van der Waals surface area contributed by atoms with Crippen molar-refractivity contribution in [2.24, 2.45) is 11.8 Å². The molecule has 11 heteroatoms. The van der Waals surface area contributed by atoms with E-state index in [9.17, 15) is 24.0 Å². The molecule has 1 aliphatic carbocycles. The fourth-order valence-corrected chi connectivity index (χ4v) is 5.98. The number of hydrogen-bond acceptors (Lipinski definition) is 7. The molecule has 248 valence electrons. The van der Waals surface area contributed by atoms with Gasteiger partial charge in [0, 0.05) is 12.5 Å². The summed E-state index contributed by atoms with van der Waals surface area (Å²) in [6.07, 6.45) is 5.68. The second kappa shape index (κ2) is 17.1. The van der Waals surface area contributed by atoms with E-state index in [0.717, 1.165) is 43.7 Å². The zero-order valence-electron chi connectivity index (χ0n) is 27.1. The summed E-state index contributed by atoms with van der Waals surface area (Å²) in [6, 6.07) is 6.04. The van der Waals surface area contributed by atoms with Crippen LogP contribution in [0.3, 0.4) is 0 Å². The minimum atomic E-state index is -1.18. The van der Waals surface area contributed by atoms with Crippen LogP contribution in [0.1, 0.15) is 84.6 Å². The largest absolute Gasteiger partial charge is 0.445 e. The van der Waals surface area contributed by atoms with E-state index in [1.165, 1.54) is 0 Å². The molecule has 2 aliphatic rings. The van der Waals surface area contributed by atoms with E-state index >= 15 is 0 Å². The average molecular weight is 627 g/mol. The Morgan fingerprint density at radius 2 is 1.62 bits per heavy atom. The van der Waals surface area contributed by atoms with Crippen molar-refractivity contribution in [3.63, 3.8) is 0 Å². The van der Waals surface area contributed by atoms with Gasteiger partial charge in [-0.2, -0.15) is 0 Å². The summed E-state index contributed by atoms with van der Waals surface area (Å²) < 4.78 is 11.4. The Morgan fingerprint density at radius 1 is 0.956 bits per heavy atom. The van der Waals surface area contributed by atoms with Gasteiger partial charge in [-0.1, -0.05) is 69.0 Å². The fraction of sp³-hybridized carbons (Fsp3) is 0.618. The molecule has 1 saturated heterocycles. The summed E-state index contributed by atoms with van der Waals surface area (Å²) in [7, 11) is 0. The maximum absolute atomic E-state index is 13.9. The lowest BCUT2D eigenvalue weighted by Crippen LogP contribution is -2.59. The second-order valence-electron chi connectivity index (χ2n) is 13.1. The first-order valence-electron chi connectivity index (χ1n) is 16.1. The molecule has 0 unspecified atom stereocenters. The Balaban J connectivity index is 1.78. The van der Waals surface area contributed by atoms with Crippen molar-refractivity contribution in [3.05, 3.63) is 48.6 Å². The SMILES string of the molecule is C=CC(=O)[C@H](C[C@@H]1CCNC1=O)NC(=O)[C@H](CC1CCCCC1)NC(=O)[C@@H](NC(=O)OCc1ccccc1)[C@@H](C)OC(C)(C)C. The van der Waals surface area contributed by atoms with Crippen LogP contribution in [0.25, 0.3) is 0 Å². The number of amides is 4. The van der Waals surface area contributed by atoms with Gasteiger partial charge in [-0.05, 0) is 64.5 Å². The van der Waals surface area contributed by atoms with E-state index in [-0.39, 0.29) is 24.9 Å². The molecule has 4 N–H and O–H groups in total. The highest BCUT2D eigenvalue weighted by atomic mass is 16.6. The molecule has 4 amide bonds. The molecule has 1 aromatic carbocycles. The fourth-order valence-electron chi connectivity index (χ4n) is 5.98. The molecule has 0 bridgehead atoms. The topological polar surface area (TPSA) is 152 Å². The number of carbonyl (C=O) groups excluding carboxylic acids is 5. The van der Waals surface area contributed by atoms with Gasteiger partial charge in [-0.3, -0.25) is 19.2 Å². The van der Waals surface area contributed by atoms with Crippen LogP contribution in [-0.2, 0) is 35.3 Å². The minimum absolute atomic E-state index is 0.0139. The van der Waals surface area contributed by atoms with E-state index < -0.39 is 59.4 Å². The summed E-state index contributed by atoms with van der Waals surface area (Å²) in [4.78, 5) is 65.5. The van der Waals surface area contributed by atoms with Crippen molar-refractivity contribution in [1.29, 1.82) is 0 Å². The van der Waals surface area contributed by atoms with Crippen LogP contribution in [-0.4, -0.2) is 66.0 Å². The number of nitrogens with one attached hydrogen (secondary N) is 4. The Labute approximate surface area is 266 Å². The van der Waals surface area contributed by atoms with Gasteiger partial charge in [0.05, 0.1) is 17.7 Å². The zero-order chi connectivity index (χ0) is 33.0. The minimum Gasteiger partial charge on any atom is -0.445 e. The molecule has 0 aromatic heterocycles. The molecule has 1 aliphatic heterocycles. The molecular weight excluding hydrogens is 576 g/mol. The predicted octanol–water partition coefficient (Wildman–Crippen LogP) is 3.71. The van der Waals surface area contributed by atoms with Gasteiger partial charge in [0.15, 0.2) is 5.78 Å². The monoisotopic (exact) mass is 626 g/mol. The number of ether oxygens (including phenoxy) is 2. The van der Waals surface area contributed by atoms with Crippen LogP contribution in [0.2, 0.25) is 0 Å². The number of rotatable bonds is 15. The molecule has 45 heavy (non-hydrogen) atoms. The van der Waals surface area contributed by atoms with Crippen LogP contribution in [0.15, 0.2) is 43.0 Å². The van der Waals surface area contributed by atoms with Gasteiger partial charge in [0.1, 0.15) is 18.7 Å². The quantitative estimate of drug-likeness (QED) is 0.217. The Morgan fingerprint density at radius 3 is 2.22 bits per heavy atom. The van der Waals surface area contributed by atoms with Gasteiger partial charge in [-0.25, -0.2) is 4.79 Å². The third-order valence-corrected chi connectivity index (χ3v) is 8.25. The number of benzene rings is 1. The highest BCUT2D eigenvalue weighted by Crippen LogP contribution is 2.28. The van der Waals surface area contributed by atoms with Crippen LogP contribution in [0, 0.1) is 11.8 Å². The third-order valence-electron chi connectivity index (χ3n) is 8.25. The van der Waals surface area contributed by atoms with Crippen LogP contribution >= 0.6 is 0 Å². The van der Waals surface area contributed by atoms with Crippen molar-refractivity contribution in [2.75, 3.05) is 6.54 Å². The summed E-state index contributed by atoms with van der Waals surface area (Å²) in [5.74, 6) is -1.90. The Bertz CT molecular complexity index is 1180. The van der Waals surface area contributed by atoms with Gasteiger partial charge in [0.25, 0.3) is 0 Å². The molecule has 5 atom stereocenters. The maximum atomic E-state index is 13.9. The maximum Gasteiger partial charge on any atom is 0.408 e. The summed E-state index contributed by atoms with van der Waals surface area (Å²) in [5, 5.41) is 11.1. The van der Waals surface area contributed by atoms with Gasteiger partial charge >= 0.3 is 6.09 Å². The molecule has 0 spiro atoms. The third kappa shape index (κ3) is 11.9. The predicted molar refractivity (Wildman–Crippen MR) is 170 cm³/mol. The van der Waals surface area contributed by atoms with Crippen LogP contribution in [0.4, 0.5) is 4.79 Å². The lowest BCUT2D eigenvalue weighted by molar-refractivity contribution is -0.136. The van der Waals surface area contributed by atoms with Gasteiger partial charge in [0.2, 0.25) is 17.7 Å². The van der Waals surface area contributed by atoms with Crippen LogP contribution in [0.5, 0.6) is 0 Å². The van der Waals surface area contributed by atoms with Crippen molar-refractivity contribution in [3.8, 4) is 0 Å². The van der Waals surface area contributed by atoms with E-state index in [1.54, 1.807) is 6.92 Å². The molecule has 3 rings (SSSR count). The smallest absolute Gasteiger partial charge is 0.408 e.